The van der Waals surface area contributed by atoms with Crippen molar-refractivity contribution in [1.82, 2.24) is 10.3 Å². The fourth-order valence-electron chi connectivity index (χ4n) is 2.61. The van der Waals surface area contributed by atoms with E-state index in [2.05, 4.69) is 43.1 Å². The van der Waals surface area contributed by atoms with E-state index in [9.17, 15) is 0 Å². The van der Waals surface area contributed by atoms with Crippen LogP contribution in [0.25, 0.3) is 0 Å². The van der Waals surface area contributed by atoms with Gasteiger partial charge in [-0.25, -0.2) is 4.98 Å². The highest BCUT2D eigenvalue weighted by atomic mass is 15.2. The first-order chi connectivity index (χ1) is 9.15. The number of piperidine rings is 1. The van der Waals surface area contributed by atoms with Crippen molar-refractivity contribution in [1.29, 1.82) is 0 Å². The molecule has 0 bridgehead atoms. The van der Waals surface area contributed by atoms with Crippen LogP contribution in [0.1, 0.15) is 44.4 Å². The molecule has 1 fully saturated rings. The van der Waals surface area contributed by atoms with Gasteiger partial charge in [-0.15, -0.1) is 0 Å². The van der Waals surface area contributed by atoms with Gasteiger partial charge in [0.25, 0.3) is 0 Å². The van der Waals surface area contributed by atoms with E-state index in [0.29, 0.717) is 5.92 Å². The minimum Gasteiger partial charge on any atom is -0.357 e. The van der Waals surface area contributed by atoms with Crippen molar-refractivity contribution < 1.29 is 0 Å². The Morgan fingerprint density at radius 1 is 1.21 bits per heavy atom. The number of aryl methyl sites for hydroxylation is 1. The highest BCUT2D eigenvalue weighted by molar-refractivity contribution is 5.43. The lowest BCUT2D eigenvalue weighted by Gasteiger charge is -2.28. The van der Waals surface area contributed by atoms with Gasteiger partial charge in [0.1, 0.15) is 5.82 Å². The van der Waals surface area contributed by atoms with Crippen molar-refractivity contribution in [3.63, 3.8) is 0 Å². The Hall–Kier alpha value is -1.09. The van der Waals surface area contributed by atoms with Gasteiger partial charge in [-0.3, -0.25) is 0 Å². The number of hydrogen-bond acceptors (Lipinski definition) is 3. The molecule has 0 aliphatic carbocycles. The maximum atomic E-state index is 4.70. The number of rotatable bonds is 5. The highest BCUT2D eigenvalue weighted by Crippen LogP contribution is 2.19. The molecule has 1 aliphatic heterocycles. The Morgan fingerprint density at radius 2 is 1.95 bits per heavy atom. The molecule has 19 heavy (non-hydrogen) atoms. The lowest BCUT2D eigenvalue weighted by molar-refractivity contribution is 0.551. The van der Waals surface area contributed by atoms with Crippen LogP contribution >= 0.6 is 0 Å². The Morgan fingerprint density at radius 3 is 2.63 bits per heavy atom. The third-order valence-electron chi connectivity index (χ3n) is 3.56. The molecule has 1 aromatic rings. The Balaban J connectivity index is 2.01. The van der Waals surface area contributed by atoms with E-state index >= 15 is 0 Å². The second kappa shape index (κ2) is 6.90. The predicted octanol–water partition coefficient (Wildman–Crippen LogP) is 3.13. The van der Waals surface area contributed by atoms with E-state index in [1.54, 1.807) is 0 Å². The van der Waals surface area contributed by atoms with Gasteiger partial charge in [-0.2, -0.15) is 0 Å². The molecule has 0 saturated carbocycles. The molecular formula is C16H27N3. The third kappa shape index (κ3) is 4.50. The summed E-state index contributed by atoms with van der Waals surface area (Å²) in [5, 5.41) is 3.51. The Kier molecular flexibility index (Phi) is 5.20. The first kappa shape index (κ1) is 14.3. The monoisotopic (exact) mass is 261 g/mol. The largest absolute Gasteiger partial charge is 0.357 e. The number of pyridine rings is 1. The standard InChI is InChI=1S/C16H27N3/c1-13(2)11-17-12-15-9-14(3)18-16(10-15)19-7-5-4-6-8-19/h9-10,13,17H,4-8,11-12H2,1-3H3. The van der Waals surface area contributed by atoms with E-state index < -0.39 is 0 Å². The molecule has 1 aliphatic rings. The lowest BCUT2D eigenvalue weighted by atomic mass is 10.1. The normalized spacial score (nSPS) is 16.1. The number of nitrogens with one attached hydrogen (secondary N) is 1. The minimum atomic E-state index is 0.699. The van der Waals surface area contributed by atoms with Crippen molar-refractivity contribution in [3.05, 3.63) is 23.4 Å². The van der Waals surface area contributed by atoms with Gasteiger partial charge >= 0.3 is 0 Å². The molecule has 0 amide bonds. The third-order valence-corrected chi connectivity index (χ3v) is 3.56. The van der Waals surface area contributed by atoms with E-state index in [-0.39, 0.29) is 0 Å². The van der Waals surface area contributed by atoms with Gasteiger partial charge < -0.3 is 10.2 Å². The van der Waals surface area contributed by atoms with Gasteiger partial charge in [0.05, 0.1) is 0 Å². The summed E-state index contributed by atoms with van der Waals surface area (Å²) in [5.74, 6) is 1.87. The van der Waals surface area contributed by atoms with E-state index in [0.717, 1.165) is 31.9 Å². The van der Waals surface area contributed by atoms with Crippen LogP contribution in [-0.2, 0) is 6.54 Å². The van der Waals surface area contributed by atoms with Crippen LogP contribution in [0.3, 0.4) is 0 Å². The number of aromatic nitrogens is 1. The number of anilines is 1. The maximum Gasteiger partial charge on any atom is 0.129 e. The zero-order valence-corrected chi connectivity index (χ0v) is 12.6. The quantitative estimate of drug-likeness (QED) is 0.882. The van der Waals surface area contributed by atoms with Gasteiger partial charge in [0, 0.05) is 25.3 Å². The maximum absolute atomic E-state index is 4.70. The van der Waals surface area contributed by atoms with Crippen LogP contribution < -0.4 is 10.2 Å². The molecule has 0 unspecified atom stereocenters. The van der Waals surface area contributed by atoms with Crippen LogP contribution in [0.4, 0.5) is 5.82 Å². The Labute approximate surface area is 117 Å². The SMILES string of the molecule is Cc1cc(CNCC(C)C)cc(N2CCCCC2)n1. The zero-order chi connectivity index (χ0) is 13.7. The molecule has 1 saturated heterocycles. The summed E-state index contributed by atoms with van der Waals surface area (Å²) < 4.78 is 0. The predicted molar refractivity (Wildman–Crippen MR) is 81.6 cm³/mol. The van der Waals surface area contributed by atoms with Gasteiger partial charge in [0.15, 0.2) is 0 Å². The highest BCUT2D eigenvalue weighted by Gasteiger charge is 2.13. The van der Waals surface area contributed by atoms with Gasteiger partial charge in [-0.1, -0.05) is 13.8 Å². The first-order valence-corrected chi connectivity index (χ1v) is 7.58. The van der Waals surface area contributed by atoms with Crippen molar-refractivity contribution in [2.24, 2.45) is 5.92 Å². The van der Waals surface area contributed by atoms with Crippen LogP contribution in [0.2, 0.25) is 0 Å². The topological polar surface area (TPSA) is 28.2 Å². The lowest BCUT2D eigenvalue weighted by Crippen LogP contribution is -2.30. The average molecular weight is 261 g/mol. The van der Waals surface area contributed by atoms with Crippen LogP contribution in [-0.4, -0.2) is 24.6 Å². The molecule has 2 heterocycles. The Bertz CT molecular complexity index is 395. The zero-order valence-electron chi connectivity index (χ0n) is 12.6. The summed E-state index contributed by atoms with van der Waals surface area (Å²) >= 11 is 0. The fraction of sp³-hybridized carbons (Fsp3) is 0.688. The molecule has 0 aromatic carbocycles. The van der Waals surface area contributed by atoms with Crippen LogP contribution in [0.5, 0.6) is 0 Å². The molecule has 0 atom stereocenters. The molecule has 3 heteroatoms. The van der Waals surface area contributed by atoms with E-state index in [4.69, 9.17) is 4.98 Å². The molecule has 0 radical (unpaired) electrons. The van der Waals surface area contributed by atoms with Crippen molar-refractivity contribution in [3.8, 4) is 0 Å². The number of nitrogens with zero attached hydrogens (tertiary/aromatic N) is 2. The smallest absolute Gasteiger partial charge is 0.129 e. The van der Waals surface area contributed by atoms with Crippen molar-refractivity contribution in [2.75, 3.05) is 24.5 Å². The minimum absolute atomic E-state index is 0.699. The van der Waals surface area contributed by atoms with Crippen molar-refractivity contribution in [2.45, 2.75) is 46.6 Å². The van der Waals surface area contributed by atoms with E-state index in [1.165, 1.54) is 30.6 Å². The molecule has 1 N–H and O–H groups in total. The molecule has 106 valence electrons. The second-order valence-corrected chi connectivity index (χ2v) is 6.05. The molecular weight excluding hydrogens is 234 g/mol. The summed E-state index contributed by atoms with van der Waals surface area (Å²) in [5.41, 5.74) is 2.48. The summed E-state index contributed by atoms with van der Waals surface area (Å²) in [7, 11) is 0. The van der Waals surface area contributed by atoms with Crippen LogP contribution in [0.15, 0.2) is 12.1 Å². The molecule has 3 nitrogen and oxygen atoms in total. The fourth-order valence-corrected chi connectivity index (χ4v) is 2.61. The summed E-state index contributed by atoms with van der Waals surface area (Å²) in [6.07, 6.45) is 3.97. The summed E-state index contributed by atoms with van der Waals surface area (Å²) in [4.78, 5) is 7.13. The van der Waals surface area contributed by atoms with Gasteiger partial charge in [0.2, 0.25) is 0 Å². The van der Waals surface area contributed by atoms with Crippen molar-refractivity contribution >= 4 is 5.82 Å². The molecule has 1 aromatic heterocycles. The molecule has 0 spiro atoms. The van der Waals surface area contributed by atoms with Gasteiger partial charge in [-0.05, 0) is 56.3 Å². The van der Waals surface area contributed by atoms with Crippen LogP contribution in [0, 0.1) is 12.8 Å². The molecule has 2 rings (SSSR count). The summed E-state index contributed by atoms with van der Waals surface area (Å²) in [6.45, 7) is 10.9. The first-order valence-electron chi connectivity index (χ1n) is 7.58. The van der Waals surface area contributed by atoms with E-state index in [1.807, 2.05) is 0 Å². The summed E-state index contributed by atoms with van der Waals surface area (Å²) in [6, 6.07) is 4.45. The second-order valence-electron chi connectivity index (χ2n) is 6.05. The average Bonchev–Trinajstić information content (AvgIpc) is 2.39. The number of hydrogen-bond donors (Lipinski definition) is 1.